The van der Waals surface area contributed by atoms with Crippen LogP contribution in [0.3, 0.4) is 0 Å². The van der Waals surface area contributed by atoms with Gasteiger partial charge in [0.15, 0.2) is 0 Å². The fraction of sp³-hybridized carbons (Fsp3) is 0.333. The summed E-state index contributed by atoms with van der Waals surface area (Å²) in [5.74, 6) is -2.58. The smallest absolute Gasteiger partial charge is 0.331 e. The summed E-state index contributed by atoms with van der Waals surface area (Å²) in [7, 11) is 1.19. The van der Waals surface area contributed by atoms with Gasteiger partial charge in [0.25, 0.3) is 0 Å². The molecule has 7 nitrogen and oxygen atoms in total. The zero-order valence-corrected chi connectivity index (χ0v) is 15.8. The first-order valence-electron chi connectivity index (χ1n) is 7.82. The lowest BCUT2D eigenvalue weighted by Gasteiger charge is -2.05. The summed E-state index contributed by atoms with van der Waals surface area (Å²) in [6.45, 7) is 0.0858. The van der Waals surface area contributed by atoms with Crippen LogP contribution in [-0.4, -0.2) is 37.6 Å². The fourth-order valence-corrected chi connectivity index (χ4v) is 2.23. The van der Waals surface area contributed by atoms with E-state index in [0.29, 0.717) is 12.8 Å². The molecule has 0 amide bonds. The quantitative estimate of drug-likeness (QED) is 0.196. The van der Waals surface area contributed by atoms with Crippen LogP contribution in [0.4, 0.5) is 0 Å². The van der Waals surface area contributed by atoms with Crippen LogP contribution in [-0.2, 0) is 39.8 Å². The van der Waals surface area contributed by atoms with E-state index >= 15 is 0 Å². The third-order valence-corrected chi connectivity index (χ3v) is 3.87. The molecule has 140 valence electrons. The minimum atomic E-state index is -0.679. The first-order chi connectivity index (χ1) is 12.4. The molecule has 0 aliphatic carbocycles. The summed E-state index contributed by atoms with van der Waals surface area (Å²) >= 11 is 3.32. The van der Waals surface area contributed by atoms with Gasteiger partial charge in [-0.2, -0.15) is 0 Å². The largest absolute Gasteiger partial charge is 0.466 e. The number of methoxy groups -OCH3 is 1. The average molecular weight is 427 g/mol. The molecule has 0 bridgehead atoms. The van der Waals surface area contributed by atoms with Crippen molar-refractivity contribution in [3.05, 3.63) is 46.5 Å². The molecule has 8 heteroatoms. The predicted octanol–water partition coefficient (Wildman–Crippen LogP) is 2.50. The van der Waals surface area contributed by atoms with Crippen molar-refractivity contribution < 1.29 is 33.4 Å². The van der Waals surface area contributed by atoms with E-state index in [9.17, 15) is 19.2 Å². The van der Waals surface area contributed by atoms with Crippen molar-refractivity contribution in [2.45, 2.75) is 25.7 Å². The number of esters is 4. The molecule has 0 spiro atoms. The van der Waals surface area contributed by atoms with Crippen molar-refractivity contribution in [1.29, 1.82) is 0 Å². The van der Waals surface area contributed by atoms with Gasteiger partial charge in [-0.15, -0.1) is 0 Å². The number of unbranched alkanes of at least 4 members (excludes halogenated alkanes) is 1. The van der Waals surface area contributed by atoms with Crippen molar-refractivity contribution in [2.75, 3.05) is 13.7 Å². The summed E-state index contributed by atoms with van der Waals surface area (Å²) in [6, 6.07) is 7.17. The van der Waals surface area contributed by atoms with Crippen LogP contribution in [0.25, 0.3) is 0 Å². The Balaban J connectivity index is 2.17. The monoisotopic (exact) mass is 426 g/mol. The number of carbonyl (C=O) groups is 4. The Morgan fingerprint density at radius 3 is 2.38 bits per heavy atom. The second-order valence-corrected chi connectivity index (χ2v) is 5.95. The molecule has 0 aliphatic rings. The van der Waals surface area contributed by atoms with E-state index in [1.54, 1.807) is 18.2 Å². The fourth-order valence-electron chi connectivity index (χ4n) is 1.81. The Morgan fingerprint density at radius 1 is 1.00 bits per heavy atom. The molecule has 0 saturated heterocycles. The predicted molar refractivity (Wildman–Crippen MR) is 94.9 cm³/mol. The van der Waals surface area contributed by atoms with E-state index in [4.69, 9.17) is 9.47 Å². The number of hydrogen-bond acceptors (Lipinski definition) is 7. The standard InChI is InChI=1S/C18H19BrO7/c1-24-15(20)9-10-16(21)25-11-5-4-8-17(22)26-18(23)12-13-6-2-3-7-14(13)19/h2-3,6-7,9-10H,4-5,8,11-12H2,1H3/b10-9+. The number of halogens is 1. The van der Waals surface area contributed by atoms with E-state index < -0.39 is 23.9 Å². The lowest BCUT2D eigenvalue weighted by molar-refractivity contribution is -0.159. The minimum absolute atomic E-state index is 0.00267. The summed E-state index contributed by atoms with van der Waals surface area (Å²) < 4.78 is 14.7. The van der Waals surface area contributed by atoms with Gasteiger partial charge < -0.3 is 14.2 Å². The third kappa shape index (κ3) is 9.12. The first kappa shape index (κ1) is 21.6. The second-order valence-electron chi connectivity index (χ2n) is 5.10. The SMILES string of the molecule is COC(=O)/C=C/C(=O)OCCCCC(=O)OC(=O)Cc1ccccc1Br. The molecule has 26 heavy (non-hydrogen) atoms. The number of rotatable bonds is 9. The maximum atomic E-state index is 11.7. The number of ether oxygens (including phenoxy) is 3. The molecule has 1 aromatic carbocycles. The zero-order chi connectivity index (χ0) is 19.4. The van der Waals surface area contributed by atoms with Gasteiger partial charge in [-0.25, -0.2) is 9.59 Å². The summed E-state index contributed by atoms with van der Waals surface area (Å²) in [4.78, 5) is 45.4. The Labute approximate surface area is 159 Å². The van der Waals surface area contributed by atoms with E-state index in [0.717, 1.165) is 22.2 Å². The number of carbonyl (C=O) groups excluding carboxylic acids is 4. The average Bonchev–Trinajstić information content (AvgIpc) is 2.61. The highest BCUT2D eigenvalue weighted by molar-refractivity contribution is 9.10. The van der Waals surface area contributed by atoms with Crippen molar-refractivity contribution in [3.8, 4) is 0 Å². The number of benzene rings is 1. The molecule has 0 unspecified atom stereocenters. The van der Waals surface area contributed by atoms with Gasteiger partial charge in [-0.1, -0.05) is 34.1 Å². The molecule has 0 N–H and O–H groups in total. The molecule has 0 aromatic heterocycles. The van der Waals surface area contributed by atoms with Crippen molar-refractivity contribution in [3.63, 3.8) is 0 Å². The molecule has 0 radical (unpaired) electrons. The van der Waals surface area contributed by atoms with Crippen LogP contribution in [0.15, 0.2) is 40.9 Å². The Bertz CT molecular complexity index is 682. The molecule has 1 rings (SSSR count). The van der Waals surface area contributed by atoms with Gasteiger partial charge in [-0.05, 0) is 24.5 Å². The van der Waals surface area contributed by atoms with Crippen LogP contribution in [0.2, 0.25) is 0 Å². The minimum Gasteiger partial charge on any atom is -0.466 e. The van der Waals surface area contributed by atoms with Crippen LogP contribution >= 0.6 is 15.9 Å². The first-order valence-corrected chi connectivity index (χ1v) is 8.61. The molecule has 0 atom stereocenters. The highest BCUT2D eigenvalue weighted by Gasteiger charge is 2.12. The van der Waals surface area contributed by atoms with E-state index in [-0.39, 0.29) is 19.4 Å². The van der Waals surface area contributed by atoms with Crippen LogP contribution < -0.4 is 0 Å². The molecular weight excluding hydrogens is 408 g/mol. The van der Waals surface area contributed by atoms with Crippen LogP contribution in [0.1, 0.15) is 24.8 Å². The number of hydrogen-bond donors (Lipinski definition) is 0. The van der Waals surface area contributed by atoms with Crippen LogP contribution in [0.5, 0.6) is 0 Å². The Morgan fingerprint density at radius 2 is 1.69 bits per heavy atom. The zero-order valence-electron chi connectivity index (χ0n) is 14.2. The summed E-state index contributed by atoms with van der Waals surface area (Å²) in [5.41, 5.74) is 0.734. The van der Waals surface area contributed by atoms with Gasteiger partial charge in [0, 0.05) is 23.0 Å². The van der Waals surface area contributed by atoms with Gasteiger partial charge in [0.05, 0.1) is 20.1 Å². The van der Waals surface area contributed by atoms with Crippen LogP contribution in [0, 0.1) is 0 Å². The summed E-state index contributed by atoms with van der Waals surface area (Å²) in [5, 5.41) is 0. The summed E-state index contributed by atoms with van der Waals surface area (Å²) in [6.07, 6.45) is 2.77. The van der Waals surface area contributed by atoms with Gasteiger partial charge in [-0.3, -0.25) is 9.59 Å². The van der Waals surface area contributed by atoms with Crippen molar-refractivity contribution in [1.82, 2.24) is 0 Å². The van der Waals surface area contributed by atoms with Gasteiger partial charge in [0.1, 0.15) is 0 Å². The normalized spacial score (nSPS) is 10.4. The van der Waals surface area contributed by atoms with Gasteiger partial charge in [0.2, 0.25) is 0 Å². The van der Waals surface area contributed by atoms with Gasteiger partial charge >= 0.3 is 23.9 Å². The molecule has 1 aromatic rings. The molecule has 0 aliphatic heterocycles. The third-order valence-electron chi connectivity index (χ3n) is 3.10. The molecule has 0 saturated carbocycles. The molecular formula is C18H19BrO7. The van der Waals surface area contributed by atoms with Crippen molar-refractivity contribution in [2.24, 2.45) is 0 Å². The Kier molecular flexibility index (Phi) is 9.93. The van der Waals surface area contributed by atoms with Crippen molar-refractivity contribution >= 4 is 39.8 Å². The maximum Gasteiger partial charge on any atom is 0.331 e. The highest BCUT2D eigenvalue weighted by atomic mass is 79.9. The lowest BCUT2D eigenvalue weighted by atomic mass is 10.1. The maximum absolute atomic E-state index is 11.7. The topological polar surface area (TPSA) is 96.0 Å². The molecule has 0 heterocycles. The molecule has 0 fully saturated rings. The van der Waals surface area contributed by atoms with E-state index in [1.807, 2.05) is 6.07 Å². The van der Waals surface area contributed by atoms with E-state index in [2.05, 4.69) is 20.7 Å². The second kappa shape index (κ2) is 12.0. The highest BCUT2D eigenvalue weighted by Crippen LogP contribution is 2.16. The van der Waals surface area contributed by atoms with E-state index in [1.165, 1.54) is 7.11 Å². The Hall–Kier alpha value is -2.48. The lowest BCUT2D eigenvalue weighted by Crippen LogP contribution is -2.14.